The van der Waals surface area contributed by atoms with Gasteiger partial charge in [-0.15, -0.1) is 0 Å². The van der Waals surface area contributed by atoms with Gasteiger partial charge in [0.2, 0.25) is 5.91 Å². The SMILES string of the molecule is C=CC(=O)NCc1ccc(C(=O)N2CCSC2=NCCCCCC)cc1. The number of nitrogens with one attached hydrogen (secondary N) is 1. The highest BCUT2D eigenvalue weighted by Gasteiger charge is 2.26. The summed E-state index contributed by atoms with van der Waals surface area (Å²) in [5.41, 5.74) is 1.59. The molecule has 1 N–H and O–H groups in total. The molecule has 2 rings (SSSR count). The molecule has 0 aromatic heterocycles. The van der Waals surface area contributed by atoms with Crippen molar-refractivity contribution in [3.8, 4) is 0 Å². The molecule has 0 atom stereocenters. The Labute approximate surface area is 159 Å². The van der Waals surface area contributed by atoms with Gasteiger partial charge in [-0.1, -0.05) is 56.7 Å². The molecule has 26 heavy (non-hydrogen) atoms. The third kappa shape index (κ3) is 6.02. The number of amides is 2. The maximum Gasteiger partial charge on any atom is 0.259 e. The number of amidine groups is 1. The Morgan fingerprint density at radius 1 is 1.27 bits per heavy atom. The fourth-order valence-corrected chi connectivity index (χ4v) is 3.59. The number of benzene rings is 1. The van der Waals surface area contributed by atoms with Gasteiger partial charge in [0, 0.05) is 31.0 Å². The number of unbranched alkanes of at least 4 members (excludes halogenated alkanes) is 3. The zero-order valence-corrected chi connectivity index (χ0v) is 16.2. The summed E-state index contributed by atoms with van der Waals surface area (Å²) < 4.78 is 0. The van der Waals surface area contributed by atoms with Crippen LogP contribution in [-0.2, 0) is 11.3 Å². The van der Waals surface area contributed by atoms with E-state index >= 15 is 0 Å². The average Bonchev–Trinajstić information content (AvgIpc) is 3.14. The van der Waals surface area contributed by atoms with Crippen molar-refractivity contribution in [3.63, 3.8) is 0 Å². The van der Waals surface area contributed by atoms with Crippen LogP contribution in [0.25, 0.3) is 0 Å². The molecular formula is C20H27N3O2S. The first kappa shape index (κ1) is 20.2. The van der Waals surface area contributed by atoms with Gasteiger partial charge in [0.25, 0.3) is 5.91 Å². The van der Waals surface area contributed by atoms with Crippen LogP contribution in [0.1, 0.15) is 48.5 Å². The predicted octanol–water partition coefficient (Wildman–Crippen LogP) is 3.61. The second kappa shape index (κ2) is 10.8. The first-order valence-electron chi connectivity index (χ1n) is 9.14. The van der Waals surface area contributed by atoms with Gasteiger partial charge in [-0.05, 0) is 30.2 Å². The Hall–Kier alpha value is -2.08. The van der Waals surface area contributed by atoms with Crippen molar-refractivity contribution in [2.45, 2.75) is 39.2 Å². The summed E-state index contributed by atoms with van der Waals surface area (Å²) in [6.45, 7) is 7.52. The van der Waals surface area contributed by atoms with Crippen LogP contribution in [0.4, 0.5) is 0 Å². The fourth-order valence-electron chi connectivity index (χ4n) is 2.62. The Bertz CT molecular complexity index is 656. The van der Waals surface area contributed by atoms with Crippen LogP contribution in [0.5, 0.6) is 0 Å². The molecule has 1 heterocycles. The number of hydrogen-bond donors (Lipinski definition) is 1. The highest BCUT2D eigenvalue weighted by Crippen LogP contribution is 2.21. The molecule has 1 aromatic carbocycles. The van der Waals surface area contributed by atoms with Crippen LogP contribution in [0.3, 0.4) is 0 Å². The Morgan fingerprint density at radius 3 is 2.73 bits per heavy atom. The lowest BCUT2D eigenvalue weighted by molar-refractivity contribution is -0.116. The Morgan fingerprint density at radius 2 is 2.04 bits per heavy atom. The highest BCUT2D eigenvalue weighted by atomic mass is 32.2. The second-order valence-corrected chi connectivity index (χ2v) is 7.21. The molecule has 0 unspecified atom stereocenters. The van der Waals surface area contributed by atoms with Crippen molar-refractivity contribution in [2.75, 3.05) is 18.8 Å². The van der Waals surface area contributed by atoms with E-state index in [1.54, 1.807) is 28.8 Å². The highest BCUT2D eigenvalue weighted by molar-refractivity contribution is 8.14. The van der Waals surface area contributed by atoms with Crippen molar-refractivity contribution in [1.29, 1.82) is 0 Å². The molecular weight excluding hydrogens is 346 g/mol. The van der Waals surface area contributed by atoms with Crippen LogP contribution in [0.15, 0.2) is 41.9 Å². The Balaban J connectivity index is 1.93. The molecule has 0 bridgehead atoms. The smallest absolute Gasteiger partial charge is 0.259 e. The molecule has 0 radical (unpaired) electrons. The lowest BCUT2D eigenvalue weighted by Gasteiger charge is -2.16. The predicted molar refractivity (Wildman–Crippen MR) is 108 cm³/mol. The number of hydrogen-bond acceptors (Lipinski definition) is 4. The van der Waals surface area contributed by atoms with E-state index in [2.05, 4.69) is 23.8 Å². The molecule has 6 heteroatoms. The van der Waals surface area contributed by atoms with Gasteiger partial charge in [-0.25, -0.2) is 0 Å². The summed E-state index contributed by atoms with van der Waals surface area (Å²) in [6.07, 6.45) is 5.95. The zero-order chi connectivity index (χ0) is 18.8. The molecule has 1 aliphatic heterocycles. The third-order valence-electron chi connectivity index (χ3n) is 4.13. The van der Waals surface area contributed by atoms with E-state index < -0.39 is 0 Å². The average molecular weight is 374 g/mol. The molecule has 0 saturated carbocycles. The second-order valence-electron chi connectivity index (χ2n) is 6.15. The van der Waals surface area contributed by atoms with Crippen molar-refractivity contribution in [3.05, 3.63) is 48.0 Å². The van der Waals surface area contributed by atoms with Gasteiger partial charge in [0.1, 0.15) is 0 Å². The molecule has 2 amide bonds. The molecule has 0 spiro atoms. The minimum Gasteiger partial charge on any atom is -0.348 e. The summed E-state index contributed by atoms with van der Waals surface area (Å²) in [4.78, 5) is 30.4. The van der Waals surface area contributed by atoms with E-state index in [9.17, 15) is 9.59 Å². The van der Waals surface area contributed by atoms with Crippen molar-refractivity contribution in [2.24, 2.45) is 4.99 Å². The first-order chi connectivity index (χ1) is 12.7. The molecule has 1 aromatic rings. The van der Waals surface area contributed by atoms with Crippen LogP contribution in [-0.4, -0.2) is 40.7 Å². The van der Waals surface area contributed by atoms with Crippen LogP contribution in [0, 0.1) is 0 Å². The monoisotopic (exact) mass is 373 g/mol. The maximum atomic E-state index is 12.8. The summed E-state index contributed by atoms with van der Waals surface area (Å²) in [5, 5.41) is 3.56. The van der Waals surface area contributed by atoms with E-state index in [1.165, 1.54) is 25.3 Å². The van der Waals surface area contributed by atoms with Crippen molar-refractivity contribution in [1.82, 2.24) is 10.2 Å². The largest absolute Gasteiger partial charge is 0.348 e. The lowest BCUT2D eigenvalue weighted by atomic mass is 10.1. The number of carbonyl (C=O) groups excluding carboxylic acids is 2. The van der Waals surface area contributed by atoms with E-state index in [0.717, 1.165) is 29.4 Å². The lowest BCUT2D eigenvalue weighted by Crippen LogP contribution is -2.32. The summed E-state index contributed by atoms with van der Waals surface area (Å²) in [5.74, 6) is 0.675. The van der Waals surface area contributed by atoms with E-state index in [1.807, 2.05) is 12.1 Å². The van der Waals surface area contributed by atoms with Crippen LogP contribution >= 0.6 is 11.8 Å². The Kier molecular flexibility index (Phi) is 8.41. The van der Waals surface area contributed by atoms with E-state index in [4.69, 9.17) is 0 Å². The minimum atomic E-state index is -0.209. The van der Waals surface area contributed by atoms with Gasteiger partial charge in [0.15, 0.2) is 5.17 Å². The molecule has 1 fully saturated rings. The minimum absolute atomic E-state index is 0.0102. The number of nitrogens with zero attached hydrogens (tertiary/aromatic N) is 2. The van der Waals surface area contributed by atoms with E-state index in [-0.39, 0.29) is 11.8 Å². The normalized spacial score (nSPS) is 15.3. The van der Waals surface area contributed by atoms with Gasteiger partial charge in [0.05, 0.1) is 0 Å². The van der Waals surface area contributed by atoms with Crippen LogP contribution < -0.4 is 5.32 Å². The third-order valence-corrected chi connectivity index (χ3v) is 5.13. The molecule has 1 saturated heterocycles. The molecule has 5 nitrogen and oxygen atoms in total. The number of rotatable bonds is 9. The topological polar surface area (TPSA) is 61.8 Å². The van der Waals surface area contributed by atoms with Crippen molar-refractivity contribution >= 4 is 28.7 Å². The molecule has 1 aliphatic rings. The van der Waals surface area contributed by atoms with Gasteiger partial charge >= 0.3 is 0 Å². The van der Waals surface area contributed by atoms with Gasteiger partial charge in [-0.3, -0.25) is 19.5 Å². The van der Waals surface area contributed by atoms with E-state index in [0.29, 0.717) is 18.7 Å². The molecule has 0 aliphatic carbocycles. The number of carbonyl (C=O) groups is 2. The van der Waals surface area contributed by atoms with Gasteiger partial charge in [-0.2, -0.15) is 0 Å². The standard InChI is InChI=1S/C20H27N3O2S/c1-3-5-6-7-12-21-20-23(13-14-26-20)19(25)17-10-8-16(9-11-17)15-22-18(24)4-2/h4,8-11H,2-3,5-7,12-15H2,1H3,(H,22,24). The zero-order valence-electron chi connectivity index (χ0n) is 15.4. The molecule has 140 valence electrons. The summed E-state index contributed by atoms with van der Waals surface area (Å²) in [6, 6.07) is 7.34. The van der Waals surface area contributed by atoms with Crippen molar-refractivity contribution < 1.29 is 9.59 Å². The van der Waals surface area contributed by atoms with Gasteiger partial charge < -0.3 is 5.32 Å². The first-order valence-corrected chi connectivity index (χ1v) is 10.1. The summed E-state index contributed by atoms with van der Waals surface area (Å²) in [7, 11) is 0. The quantitative estimate of drug-likeness (QED) is 0.531. The fraction of sp³-hybridized carbons (Fsp3) is 0.450. The number of thioether (sulfide) groups is 1. The maximum absolute atomic E-state index is 12.8. The summed E-state index contributed by atoms with van der Waals surface area (Å²) >= 11 is 1.65. The van der Waals surface area contributed by atoms with Crippen LogP contribution in [0.2, 0.25) is 0 Å². The number of aliphatic imine (C=N–C) groups is 1.